The van der Waals surface area contributed by atoms with Crippen molar-refractivity contribution >= 4 is 23.4 Å². The first kappa shape index (κ1) is 22.9. The Balaban J connectivity index is 1.42. The van der Waals surface area contributed by atoms with E-state index in [2.05, 4.69) is 37.8 Å². The summed E-state index contributed by atoms with van der Waals surface area (Å²) in [6.45, 7) is 0.857. The lowest BCUT2D eigenvalue weighted by molar-refractivity contribution is -0.115. The number of rotatable bonds is 7. The Hall–Kier alpha value is -3.30. The first-order chi connectivity index (χ1) is 15.8. The second kappa shape index (κ2) is 9.68. The van der Waals surface area contributed by atoms with Crippen molar-refractivity contribution < 1.29 is 18.0 Å². The molecule has 1 fully saturated rings. The van der Waals surface area contributed by atoms with E-state index in [1.54, 1.807) is 30.3 Å². The molecule has 4 N–H and O–H groups in total. The van der Waals surface area contributed by atoms with Gasteiger partial charge in [-0.05, 0) is 56.0 Å². The number of aromatic amines is 1. The van der Waals surface area contributed by atoms with Crippen LogP contribution in [0.1, 0.15) is 49.4 Å². The largest absolute Gasteiger partial charge is 0.405 e. The molecule has 2 heterocycles. The van der Waals surface area contributed by atoms with E-state index in [0.717, 1.165) is 12.8 Å². The SMILES string of the molecule is C[C@H](NC(=O)c1ccc(Nc2nc(NCC(F)(F)F)c3ccnc-3[nH]2)cc1)C1CCCCC1. The zero-order valence-electron chi connectivity index (χ0n) is 18.3. The van der Waals surface area contributed by atoms with Gasteiger partial charge in [0.25, 0.3) is 5.91 Å². The molecular formula is C23H27F3N6O. The van der Waals surface area contributed by atoms with Crippen LogP contribution in [0.2, 0.25) is 0 Å². The minimum absolute atomic E-state index is 0.0776. The summed E-state index contributed by atoms with van der Waals surface area (Å²) in [7, 11) is 0. The molecule has 7 nitrogen and oxygen atoms in total. The third-order valence-electron chi connectivity index (χ3n) is 6.00. The topological polar surface area (TPSA) is 94.7 Å². The first-order valence-corrected chi connectivity index (χ1v) is 11.1. The molecule has 0 unspecified atom stereocenters. The van der Waals surface area contributed by atoms with Gasteiger partial charge in [0, 0.05) is 23.5 Å². The smallest absolute Gasteiger partial charge is 0.360 e. The molecular weight excluding hydrogens is 433 g/mol. The molecule has 33 heavy (non-hydrogen) atoms. The van der Waals surface area contributed by atoms with E-state index < -0.39 is 12.7 Å². The summed E-state index contributed by atoms with van der Waals surface area (Å²) in [6.07, 6.45) is 3.13. The lowest BCUT2D eigenvalue weighted by Gasteiger charge is -2.28. The second-order valence-corrected chi connectivity index (χ2v) is 8.47. The molecule has 1 aromatic rings. The van der Waals surface area contributed by atoms with Gasteiger partial charge in [0.1, 0.15) is 18.2 Å². The summed E-state index contributed by atoms with van der Waals surface area (Å²) in [5, 5.41) is 8.44. The quantitative estimate of drug-likeness (QED) is 0.383. The van der Waals surface area contributed by atoms with E-state index in [1.807, 2.05) is 0 Å². The molecule has 2 aliphatic heterocycles. The number of carbonyl (C=O) groups is 1. The molecule has 0 saturated heterocycles. The Bertz CT molecular complexity index is 1040. The minimum atomic E-state index is -4.37. The lowest BCUT2D eigenvalue weighted by atomic mass is 9.84. The van der Waals surface area contributed by atoms with E-state index in [1.165, 1.54) is 25.5 Å². The molecule has 1 atom stereocenters. The van der Waals surface area contributed by atoms with Crippen LogP contribution in [-0.4, -0.2) is 39.6 Å². The van der Waals surface area contributed by atoms with Crippen LogP contribution in [0, 0.1) is 5.92 Å². The number of fused-ring (bicyclic) bond motifs is 1. The summed E-state index contributed by atoms with van der Waals surface area (Å²) < 4.78 is 37.9. The number of hydrogen-bond acceptors (Lipinski definition) is 5. The molecule has 1 aromatic carbocycles. The van der Waals surface area contributed by atoms with Crippen LogP contribution in [0.15, 0.2) is 36.5 Å². The van der Waals surface area contributed by atoms with Gasteiger partial charge in [0.15, 0.2) is 0 Å². The third-order valence-corrected chi connectivity index (χ3v) is 6.00. The fourth-order valence-corrected chi connectivity index (χ4v) is 4.20. The van der Waals surface area contributed by atoms with Crippen molar-refractivity contribution in [3.05, 3.63) is 42.1 Å². The number of H-pyrrole nitrogens is 1. The average molecular weight is 461 g/mol. The number of nitrogens with one attached hydrogen (secondary N) is 4. The highest BCUT2D eigenvalue weighted by Crippen LogP contribution is 2.29. The highest BCUT2D eigenvalue weighted by molar-refractivity contribution is 5.94. The number of benzene rings is 1. The summed E-state index contributed by atoms with van der Waals surface area (Å²) >= 11 is 0. The van der Waals surface area contributed by atoms with Gasteiger partial charge in [-0.3, -0.25) is 4.79 Å². The maximum absolute atomic E-state index is 12.6. The third kappa shape index (κ3) is 5.94. The van der Waals surface area contributed by atoms with Crippen LogP contribution in [0.25, 0.3) is 11.4 Å². The Morgan fingerprint density at radius 3 is 2.58 bits per heavy atom. The van der Waals surface area contributed by atoms with E-state index in [0.29, 0.717) is 28.6 Å². The van der Waals surface area contributed by atoms with Gasteiger partial charge < -0.3 is 20.9 Å². The van der Waals surface area contributed by atoms with Crippen molar-refractivity contribution in [2.24, 2.45) is 5.92 Å². The number of nitrogens with zero attached hydrogens (tertiary/aromatic N) is 2. The predicted molar refractivity (Wildman–Crippen MR) is 121 cm³/mol. The normalized spacial score (nSPS) is 15.9. The monoisotopic (exact) mass is 460 g/mol. The Labute approximate surface area is 189 Å². The molecule has 0 bridgehead atoms. The van der Waals surface area contributed by atoms with Crippen molar-refractivity contribution in [1.29, 1.82) is 0 Å². The standard InChI is InChI=1S/C23H27F3N6O/c1-14(15-5-3-2-4-6-15)29-21(33)16-7-9-17(10-8-16)30-22-31-19-18(11-12-27-19)20(32-22)28-13-23(24,25)26/h7-12,14-15H,2-6,13H2,1H3,(H,29,33)(H3,27,28,30,31,32)/t14-/m0/s1. The molecule has 3 aliphatic rings. The molecule has 176 valence electrons. The summed E-state index contributed by atoms with van der Waals surface area (Å²) in [6, 6.07) is 8.56. The molecule has 0 radical (unpaired) electrons. The van der Waals surface area contributed by atoms with Crippen molar-refractivity contribution in [1.82, 2.24) is 20.3 Å². The fraction of sp³-hybridized carbons (Fsp3) is 0.435. The first-order valence-electron chi connectivity index (χ1n) is 11.1. The van der Waals surface area contributed by atoms with Gasteiger partial charge in [-0.25, -0.2) is 4.98 Å². The number of alkyl halides is 3. The van der Waals surface area contributed by atoms with E-state index in [-0.39, 0.29) is 23.7 Å². The Kier molecular flexibility index (Phi) is 6.71. The highest BCUT2D eigenvalue weighted by Gasteiger charge is 2.28. The number of aromatic nitrogens is 3. The van der Waals surface area contributed by atoms with Crippen molar-refractivity contribution in [2.75, 3.05) is 17.2 Å². The molecule has 4 rings (SSSR count). The summed E-state index contributed by atoms with van der Waals surface area (Å²) in [5.74, 6) is 1.11. The van der Waals surface area contributed by atoms with Gasteiger partial charge in [-0.2, -0.15) is 18.2 Å². The van der Waals surface area contributed by atoms with Crippen molar-refractivity contribution in [3.63, 3.8) is 0 Å². The lowest BCUT2D eigenvalue weighted by Crippen LogP contribution is -2.38. The number of halogens is 3. The van der Waals surface area contributed by atoms with Crippen LogP contribution < -0.4 is 16.0 Å². The number of amides is 1. The highest BCUT2D eigenvalue weighted by atomic mass is 19.4. The zero-order chi connectivity index (χ0) is 23.4. The Morgan fingerprint density at radius 1 is 1.15 bits per heavy atom. The van der Waals surface area contributed by atoms with Crippen LogP contribution in [0.3, 0.4) is 0 Å². The van der Waals surface area contributed by atoms with Crippen LogP contribution in [-0.2, 0) is 0 Å². The summed E-state index contributed by atoms with van der Waals surface area (Å²) in [4.78, 5) is 23.9. The number of anilines is 3. The van der Waals surface area contributed by atoms with Gasteiger partial charge in [0.2, 0.25) is 5.95 Å². The average Bonchev–Trinajstić information content (AvgIpc) is 3.27. The predicted octanol–water partition coefficient (Wildman–Crippen LogP) is 5.33. The molecule has 10 heteroatoms. The van der Waals surface area contributed by atoms with Gasteiger partial charge >= 0.3 is 6.18 Å². The number of carbonyl (C=O) groups excluding carboxylic acids is 1. The molecule has 1 saturated carbocycles. The molecule has 1 aliphatic carbocycles. The van der Waals surface area contributed by atoms with Gasteiger partial charge in [-0.1, -0.05) is 19.3 Å². The van der Waals surface area contributed by atoms with Crippen molar-refractivity contribution in [3.8, 4) is 11.4 Å². The van der Waals surface area contributed by atoms with E-state index in [4.69, 9.17) is 0 Å². The molecule has 0 spiro atoms. The molecule has 1 amide bonds. The number of hydrogen-bond donors (Lipinski definition) is 4. The molecule has 0 aromatic heterocycles. The van der Waals surface area contributed by atoms with Crippen LogP contribution >= 0.6 is 0 Å². The summed E-state index contributed by atoms with van der Waals surface area (Å²) in [5.41, 5.74) is 1.63. The zero-order valence-corrected chi connectivity index (χ0v) is 18.3. The maximum atomic E-state index is 12.6. The van der Waals surface area contributed by atoms with Crippen LogP contribution in [0.4, 0.5) is 30.6 Å². The van der Waals surface area contributed by atoms with E-state index in [9.17, 15) is 18.0 Å². The minimum Gasteiger partial charge on any atom is -0.360 e. The van der Waals surface area contributed by atoms with Gasteiger partial charge in [0.05, 0.1) is 5.56 Å². The van der Waals surface area contributed by atoms with Crippen molar-refractivity contribution in [2.45, 2.75) is 51.2 Å². The van der Waals surface area contributed by atoms with Gasteiger partial charge in [-0.15, -0.1) is 0 Å². The van der Waals surface area contributed by atoms with Crippen LogP contribution in [0.5, 0.6) is 0 Å². The Morgan fingerprint density at radius 2 is 1.88 bits per heavy atom. The maximum Gasteiger partial charge on any atom is 0.405 e. The fourth-order valence-electron chi connectivity index (χ4n) is 4.20. The van der Waals surface area contributed by atoms with E-state index >= 15 is 0 Å². The second-order valence-electron chi connectivity index (χ2n) is 8.47.